The van der Waals surface area contributed by atoms with E-state index >= 15 is 0 Å². The molecule has 4 rings (SSSR count). The molecular weight excluding hydrogens is 381 g/mol. The van der Waals surface area contributed by atoms with Gasteiger partial charge in [-0.15, -0.1) is 0 Å². The molecule has 1 fully saturated rings. The van der Waals surface area contributed by atoms with Crippen molar-refractivity contribution in [1.82, 2.24) is 9.88 Å². The zero-order chi connectivity index (χ0) is 21.3. The van der Waals surface area contributed by atoms with Crippen LogP contribution < -0.4 is 10.2 Å². The second-order valence-corrected chi connectivity index (χ2v) is 8.05. The third-order valence-corrected chi connectivity index (χ3v) is 5.84. The Morgan fingerprint density at radius 1 is 1.23 bits per heavy atom. The Balaban J connectivity index is 1.50. The summed E-state index contributed by atoms with van der Waals surface area (Å²) in [5.41, 5.74) is 4.77. The smallest absolute Gasteiger partial charge is 0.251 e. The van der Waals surface area contributed by atoms with Crippen LogP contribution in [0.2, 0.25) is 0 Å². The number of benzene rings is 2. The number of carbonyl (C=O) groups excluding carboxylic acids is 1. The summed E-state index contributed by atoms with van der Waals surface area (Å²) in [7, 11) is 1.95. The highest BCUT2D eigenvalue weighted by Crippen LogP contribution is 2.25. The molecule has 1 N–H and O–H groups in total. The average molecular weight is 410 g/mol. The van der Waals surface area contributed by atoms with E-state index in [0.717, 1.165) is 40.8 Å². The highest BCUT2D eigenvalue weighted by atomic mass is 19.1. The molecule has 1 aromatic heterocycles. The van der Waals surface area contributed by atoms with Crippen molar-refractivity contribution in [3.63, 3.8) is 0 Å². The molecule has 1 atom stereocenters. The van der Waals surface area contributed by atoms with Crippen LogP contribution in [0.5, 0.6) is 0 Å². The number of aromatic nitrogens is 1. The molecule has 1 aliphatic rings. The van der Waals surface area contributed by atoms with E-state index in [0.29, 0.717) is 25.2 Å². The lowest BCUT2D eigenvalue weighted by atomic mass is 10.0. The van der Waals surface area contributed by atoms with Gasteiger partial charge in [0.05, 0.1) is 13.2 Å². The first-order valence-corrected chi connectivity index (χ1v) is 10.4. The molecule has 2 aromatic carbocycles. The van der Waals surface area contributed by atoms with Crippen molar-refractivity contribution in [2.75, 3.05) is 31.2 Å². The second kappa shape index (κ2) is 8.48. The zero-order valence-electron chi connectivity index (χ0n) is 17.7. The molecule has 0 bridgehead atoms. The molecule has 1 amide bonds. The topological polar surface area (TPSA) is 46.5 Å². The molecule has 0 spiro atoms. The predicted octanol–water partition coefficient (Wildman–Crippen LogP) is 3.82. The van der Waals surface area contributed by atoms with E-state index in [1.807, 2.05) is 43.8 Å². The van der Waals surface area contributed by atoms with Gasteiger partial charge in [0.25, 0.3) is 5.91 Å². The van der Waals surface area contributed by atoms with Gasteiger partial charge in [0, 0.05) is 54.5 Å². The normalized spacial score (nSPS) is 15.4. The number of ether oxygens (including phenoxy) is 1. The van der Waals surface area contributed by atoms with E-state index in [4.69, 9.17) is 4.74 Å². The van der Waals surface area contributed by atoms with Gasteiger partial charge in [-0.25, -0.2) is 4.39 Å². The summed E-state index contributed by atoms with van der Waals surface area (Å²) in [4.78, 5) is 15.3. The third kappa shape index (κ3) is 4.05. The summed E-state index contributed by atoms with van der Waals surface area (Å²) in [6, 6.07) is 10.6. The molecule has 1 aliphatic heterocycles. The number of aryl methyl sites for hydroxylation is 1. The number of rotatable bonds is 5. The van der Waals surface area contributed by atoms with Crippen LogP contribution in [0.25, 0.3) is 10.9 Å². The van der Waals surface area contributed by atoms with Gasteiger partial charge in [0.2, 0.25) is 0 Å². The largest absolute Gasteiger partial charge is 0.378 e. The molecule has 0 radical (unpaired) electrons. The van der Waals surface area contributed by atoms with Crippen LogP contribution in [0.1, 0.15) is 28.4 Å². The lowest BCUT2D eigenvalue weighted by Gasteiger charge is -2.30. The number of hydrogen-bond acceptors (Lipinski definition) is 3. The molecule has 0 unspecified atom stereocenters. The Morgan fingerprint density at radius 2 is 2.00 bits per heavy atom. The van der Waals surface area contributed by atoms with Crippen LogP contribution in [0, 0.1) is 12.7 Å². The minimum absolute atomic E-state index is 0.0819. The van der Waals surface area contributed by atoms with E-state index in [1.54, 1.807) is 12.1 Å². The van der Waals surface area contributed by atoms with E-state index in [2.05, 4.69) is 16.3 Å². The lowest BCUT2D eigenvalue weighted by Crippen LogP contribution is -2.37. The Hall–Kier alpha value is -2.86. The van der Waals surface area contributed by atoms with Gasteiger partial charge in [-0.2, -0.15) is 0 Å². The molecule has 158 valence electrons. The Kier molecular flexibility index (Phi) is 5.77. The fourth-order valence-corrected chi connectivity index (χ4v) is 4.31. The number of hydrogen-bond donors (Lipinski definition) is 1. The summed E-state index contributed by atoms with van der Waals surface area (Å²) in [6.45, 7) is 7.06. The number of carbonyl (C=O) groups is 1. The number of morpholine rings is 1. The van der Waals surface area contributed by atoms with Gasteiger partial charge in [-0.05, 0) is 61.7 Å². The Labute approximate surface area is 176 Å². The number of nitrogens with zero attached hydrogens (tertiary/aromatic N) is 2. The summed E-state index contributed by atoms with van der Waals surface area (Å²) >= 11 is 0. The maximum atomic E-state index is 13.7. The number of amides is 1. The second-order valence-electron chi connectivity index (χ2n) is 8.05. The van der Waals surface area contributed by atoms with Crippen LogP contribution in [0.3, 0.4) is 0 Å². The molecule has 6 heteroatoms. The van der Waals surface area contributed by atoms with E-state index in [1.165, 1.54) is 6.07 Å². The van der Waals surface area contributed by atoms with E-state index < -0.39 is 0 Å². The highest BCUT2D eigenvalue weighted by molar-refractivity contribution is 5.97. The van der Waals surface area contributed by atoms with Crippen LogP contribution >= 0.6 is 0 Å². The minimum Gasteiger partial charge on any atom is -0.378 e. The van der Waals surface area contributed by atoms with Gasteiger partial charge in [0.15, 0.2) is 0 Å². The van der Waals surface area contributed by atoms with E-state index in [9.17, 15) is 9.18 Å². The number of halogens is 1. The highest BCUT2D eigenvalue weighted by Gasteiger charge is 2.19. The van der Waals surface area contributed by atoms with Crippen LogP contribution in [-0.4, -0.2) is 42.8 Å². The average Bonchev–Trinajstić information content (AvgIpc) is 3.03. The molecule has 3 aromatic rings. The van der Waals surface area contributed by atoms with Crippen molar-refractivity contribution in [2.24, 2.45) is 7.05 Å². The standard InChI is InChI=1S/C24H28FN3O2/c1-16(13-18-15-27(3)23-8-7-19(25)14-21(18)23)26-24(29)20-5-4-6-22(17(20)2)28-9-11-30-12-10-28/h4-8,14-16H,9-13H2,1-3H3,(H,26,29)/t16-/m0/s1. The molecule has 5 nitrogen and oxygen atoms in total. The Morgan fingerprint density at radius 3 is 2.77 bits per heavy atom. The van der Waals surface area contributed by atoms with Gasteiger partial charge in [-0.3, -0.25) is 4.79 Å². The number of anilines is 1. The van der Waals surface area contributed by atoms with Crippen LogP contribution in [0.4, 0.5) is 10.1 Å². The first-order chi connectivity index (χ1) is 14.4. The Bertz CT molecular complexity index is 1070. The maximum Gasteiger partial charge on any atom is 0.251 e. The van der Waals surface area contributed by atoms with Gasteiger partial charge in [-0.1, -0.05) is 6.07 Å². The molecule has 0 aliphatic carbocycles. The van der Waals surface area contributed by atoms with Gasteiger partial charge < -0.3 is 19.5 Å². The summed E-state index contributed by atoms with van der Waals surface area (Å²) < 4.78 is 21.2. The van der Waals surface area contributed by atoms with Crippen molar-refractivity contribution in [3.05, 3.63) is 65.1 Å². The van der Waals surface area contributed by atoms with Crippen molar-refractivity contribution < 1.29 is 13.9 Å². The summed E-state index contributed by atoms with van der Waals surface area (Å²) in [5.74, 6) is -0.330. The first-order valence-electron chi connectivity index (χ1n) is 10.4. The van der Waals surface area contributed by atoms with Crippen LogP contribution in [-0.2, 0) is 18.2 Å². The van der Waals surface area contributed by atoms with Crippen LogP contribution in [0.15, 0.2) is 42.6 Å². The minimum atomic E-state index is -0.248. The summed E-state index contributed by atoms with van der Waals surface area (Å²) in [6.07, 6.45) is 2.64. The van der Waals surface area contributed by atoms with Crippen molar-refractivity contribution in [1.29, 1.82) is 0 Å². The third-order valence-electron chi connectivity index (χ3n) is 5.84. The van der Waals surface area contributed by atoms with Gasteiger partial charge >= 0.3 is 0 Å². The zero-order valence-corrected chi connectivity index (χ0v) is 17.7. The monoisotopic (exact) mass is 409 g/mol. The van der Waals surface area contributed by atoms with E-state index in [-0.39, 0.29) is 17.8 Å². The first kappa shape index (κ1) is 20.4. The SMILES string of the molecule is Cc1c(C(=O)N[C@@H](C)Cc2cn(C)c3ccc(F)cc23)cccc1N1CCOCC1. The quantitative estimate of drug-likeness (QED) is 0.697. The molecular formula is C24H28FN3O2. The number of fused-ring (bicyclic) bond motifs is 1. The maximum absolute atomic E-state index is 13.7. The van der Waals surface area contributed by atoms with Gasteiger partial charge in [0.1, 0.15) is 5.82 Å². The lowest BCUT2D eigenvalue weighted by molar-refractivity contribution is 0.0939. The van der Waals surface area contributed by atoms with Crippen molar-refractivity contribution in [2.45, 2.75) is 26.3 Å². The number of nitrogens with one attached hydrogen (secondary N) is 1. The fraction of sp³-hybridized carbons (Fsp3) is 0.375. The molecule has 1 saturated heterocycles. The molecule has 2 heterocycles. The predicted molar refractivity (Wildman–Crippen MR) is 118 cm³/mol. The van der Waals surface area contributed by atoms with Crippen molar-refractivity contribution in [3.8, 4) is 0 Å². The fourth-order valence-electron chi connectivity index (χ4n) is 4.31. The van der Waals surface area contributed by atoms with Crippen molar-refractivity contribution >= 4 is 22.5 Å². The molecule has 0 saturated carbocycles. The molecule has 30 heavy (non-hydrogen) atoms. The summed E-state index contributed by atoms with van der Waals surface area (Å²) in [5, 5.41) is 4.01.